The van der Waals surface area contributed by atoms with Gasteiger partial charge in [0.2, 0.25) is 0 Å². The second kappa shape index (κ2) is 26.3. The highest BCUT2D eigenvalue weighted by atomic mass is 15.2. The van der Waals surface area contributed by atoms with Gasteiger partial charge in [-0.2, -0.15) is 0 Å². The van der Waals surface area contributed by atoms with E-state index in [2.05, 4.69) is 429 Å². The Bertz CT molecular complexity index is 6650. The summed E-state index contributed by atoms with van der Waals surface area (Å²) in [5, 5.41) is 7.89. The van der Waals surface area contributed by atoms with Crippen molar-refractivity contribution in [2.24, 2.45) is 0 Å². The summed E-state index contributed by atoms with van der Waals surface area (Å²) in [6.07, 6.45) is 4.11. The van der Waals surface area contributed by atoms with E-state index in [1.807, 2.05) is 0 Å². The molecule has 524 valence electrons. The van der Waals surface area contributed by atoms with Crippen LogP contribution in [0.5, 0.6) is 0 Å². The van der Waals surface area contributed by atoms with Crippen molar-refractivity contribution in [1.82, 2.24) is 28.7 Å². The number of fused-ring (bicyclic) bond motifs is 16. The number of pyridine rings is 2. The highest BCUT2D eigenvalue weighted by molar-refractivity contribution is 6.40. The molecule has 7 heterocycles. The smallest absolute Gasteiger partial charge is 0.145 e. The number of hydrogen-bond acceptors (Lipinski definition) is 8. The van der Waals surface area contributed by atoms with Gasteiger partial charge in [0, 0.05) is 111 Å². The van der Waals surface area contributed by atoms with Crippen LogP contribution in [0.4, 0.5) is 68.2 Å². The number of para-hydroxylation sites is 8. The van der Waals surface area contributed by atoms with Crippen LogP contribution in [0.15, 0.2) is 401 Å². The maximum absolute atomic E-state index is 6.34. The topological polar surface area (TPSA) is 73.3 Å². The molecule has 0 fully saturated rings. The summed E-state index contributed by atoms with van der Waals surface area (Å²) in [7, 11) is 0. The first-order chi connectivity index (χ1) is 55.6. The predicted octanol–water partition coefficient (Wildman–Crippen LogP) is 27.3. The summed E-state index contributed by atoms with van der Waals surface area (Å²) in [6, 6.07) is 139. The van der Waals surface area contributed by atoms with Crippen molar-refractivity contribution < 1.29 is 0 Å². The summed E-state index contributed by atoms with van der Waals surface area (Å²) in [5.74, 6) is 0. The van der Waals surface area contributed by atoms with E-state index in [1.54, 1.807) is 0 Å². The average Bonchev–Trinajstić information content (AvgIpc) is 1.49. The van der Waals surface area contributed by atoms with Gasteiger partial charge in [-0.3, -0.25) is 8.80 Å². The first kappa shape index (κ1) is 64.0. The monoisotopic (exact) mass is 1430 g/mol. The van der Waals surface area contributed by atoms with Crippen LogP contribution in [0, 0.1) is 0 Å². The highest BCUT2D eigenvalue weighted by Gasteiger charge is 2.34. The number of benzene rings is 15. The molecule has 0 atom stereocenters. The first-order valence-electron chi connectivity index (χ1n) is 37.9. The van der Waals surface area contributed by atoms with Gasteiger partial charge >= 0.3 is 0 Å². The van der Waals surface area contributed by atoms with Gasteiger partial charge < -0.3 is 19.6 Å². The molecule has 0 radical (unpaired) electrons. The summed E-state index contributed by atoms with van der Waals surface area (Å²) >= 11 is 0. The fourth-order valence-corrected chi connectivity index (χ4v) is 17.2. The fourth-order valence-electron chi connectivity index (χ4n) is 17.2. The van der Waals surface area contributed by atoms with Gasteiger partial charge in [0.05, 0.1) is 57.2 Å². The molecule has 0 amide bonds. The van der Waals surface area contributed by atoms with Gasteiger partial charge in [0.25, 0.3) is 0 Å². The Kier molecular flexibility index (Phi) is 15.0. The van der Waals surface area contributed by atoms with Crippen molar-refractivity contribution >= 4 is 156 Å². The third kappa shape index (κ3) is 10.4. The lowest BCUT2D eigenvalue weighted by molar-refractivity contribution is 1.21. The van der Waals surface area contributed by atoms with Crippen LogP contribution < -0.4 is 19.6 Å². The maximum Gasteiger partial charge on any atom is 0.145 e. The molecule has 10 heteroatoms. The number of nitrogens with zero attached hydrogens (tertiary/aromatic N) is 10. The molecule has 0 saturated carbocycles. The standard InChI is InChI=1S/C102H66N10/c1-11-31-67(32-12-1)69-51-55-71(56-52-69)93-94(72-57-53-70(54-58-72)68-33-13-2-14-34-68)106-96-92-90-62-82(108(75-39-19-5-20-40-75)76-41-21-6-22-42-76)60-86-88-64-84(110(79-47-27-9-28-48-79)80-49-29-10-30-50-80)66-104-102(88)112(98(86)90)100(92)99-91(95(96)105-93)89-61-81(107(73-35-15-3-16-36-73)74-37-17-4-18-38-74)59-85-87-63-83(65-103-101(87)111(99)97(85)89)109(77-43-23-7-24-44-77)78-45-25-8-26-46-78/h1-66H. The molecule has 22 rings (SSSR count). The molecule has 0 bridgehead atoms. The van der Waals surface area contributed by atoms with Gasteiger partial charge in [-0.15, -0.1) is 0 Å². The molecule has 15 aromatic carbocycles. The average molecular weight is 1430 g/mol. The van der Waals surface area contributed by atoms with Crippen molar-refractivity contribution in [3.63, 3.8) is 0 Å². The van der Waals surface area contributed by atoms with Crippen molar-refractivity contribution in [2.45, 2.75) is 0 Å². The third-order valence-corrected chi connectivity index (χ3v) is 22.1. The first-order valence-corrected chi connectivity index (χ1v) is 37.9. The van der Waals surface area contributed by atoms with E-state index >= 15 is 0 Å². The van der Waals surface area contributed by atoms with Gasteiger partial charge in [-0.25, -0.2) is 19.9 Å². The number of hydrogen-bond donors (Lipinski definition) is 0. The van der Waals surface area contributed by atoms with Gasteiger partial charge in [0.15, 0.2) is 0 Å². The van der Waals surface area contributed by atoms with E-state index in [0.29, 0.717) is 0 Å². The second-order valence-corrected chi connectivity index (χ2v) is 28.6. The highest BCUT2D eigenvalue weighted by Crippen LogP contribution is 2.54. The summed E-state index contributed by atoms with van der Waals surface area (Å²) in [4.78, 5) is 33.8. The minimum absolute atomic E-state index is 0.756. The fraction of sp³-hybridized carbons (Fsp3) is 0. The summed E-state index contributed by atoms with van der Waals surface area (Å²) in [6.45, 7) is 0. The molecule has 22 aromatic rings. The largest absolute Gasteiger partial charge is 0.310 e. The van der Waals surface area contributed by atoms with Gasteiger partial charge in [-0.05, 0) is 156 Å². The molecule has 0 aliphatic rings. The number of aromatic nitrogens is 6. The van der Waals surface area contributed by atoms with E-state index in [9.17, 15) is 0 Å². The van der Waals surface area contributed by atoms with Crippen LogP contribution in [-0.4, -0.2) is 28.7 Å². The lowest BCUT2D eigenvalue weighted by Crippen LogP contribution is -2.10. The van der Waals surface area contributed by atoms with E-state index in [4.69, 9.17) is 19.9 Å². The lowest BCUT2D eigenvalue weighted by Gasteiger charge is -2.26. The zero-order chi connectivity index (χ0) is 73.7. The molecular formula is C102H66N10. The Morgan fingerprint density at radius 2 is 0.411 bits per heavy atom. The summed E-state index contributed by atoms with van der Waals surface area (Å²) < 4.78 is 4.92. The van der Waals surface area contributed by atoms with E-state index in [0.717, 1.165) is 201 Å². The summed E-state index contributed by atoms with van der Waals surface area (Å²) in [5.41, 5.74) is 26.7. The molecule has 0 spiro atoms. The van der Waals surface area contributed by atoms with E-state index in [1.165, 1.54) is 0 Å². The Morgan fingerprint density at radius 1 is 0.188 bits per heavy atom. The Morgan fingerprint density at radius 3 is 0.688 bits per heavy atom. The van der Waals surface area contributed by atoms with Crippen LogP contribution in [0.3, 0.4) is 0 Å². The van der Waals surface area contributed by atoms with Crippen molar-refractivity contribution in [3.05, 3.63) is 401 Å². The Hall–Kier alpha value is -15.3. The normalized spacial score (nSPS) is 11.8. The predicted molar refractivity (Wildman–Crippen MR) is 465 cm³/mol. The zero-order valence-electron chi connectivity index (χ0n) is 60.6. The van der Waals surface area contributed by atoms with Crippen molar-refractivity contribution in [2.75, 3.05) is 19.6 Å². The third-order valence-electron chi connectivity index (χ3n) is 22.1. The van der Waals surface area contributed by atoms with Crippen LogP contribution in [-0.2, 0) is 0 Å². The van der Waals surface area contributed by atoms with Gasteiger partial charge in [0.1, 0.15) is 22.3 Å². The van der Waals surface area contributed by atoms with Crippen molar-refractivity contribution in [3.8, 4) is 44.8 Å². The number of anilines is 12. The molecule has 10 nitrogen and oxygen atoms in total. The van der Waals surface area contributed by atoms with Crippen LogP contribution in [0.2, 0.25) is 0 Å². The van der Waals surface area contributed by atoms with Gasteiger partial charge in [-0.1, -0.05) is 255 Å². The molecule has 0 saturated heterocycles. The maximum atomic E-state index is 6.34. The molecule has 7 aromatic heterocycles. The second-order valence-electron chi connectivity index (χ2n) is 28.6. The minimum atomic E-state index is 0.756. The van der Waals surface area contributed by atoms with E-state index < -0.39 is 0 Å². The molecule has 112 heavy (non-hydrogen) atoms. The minimum Gasteiger partial charge on any atom is -0.310 e. The Labute approximate surface area is 645 Å². The van der Waals surface area contributed by atoms with Crippen LogP contribution in [0.1, 0.15) is 0 Å². The van der Waals surface area contributed by atoms with Crippen LogP contribution in [0.25, 0.3) is 132 Å². The lowest BCUT2D eigenvalue weighted by atomic mass is 9.97. The van der Waals surface area contributed by atoms with E-state index in [-0.39, 0.29) is 0 Å². The molecular weight excluding hydrogens is 1370 g/mol. The molecule has 0 N–H and O–H groups in total. The Balaban J connectivity index is 0.947. The van der Waals surface area contributed by atoms with Crippen molar-refractivity contribution in [1.29, 1.82) is 0 Å². The zero-order valence-corrected chi connectivity index (χ0v) is 60.6. The quantitative estimate of drug-likeness (QED) is 0.0947. The molecule has 0 aliphatic heterocycles. The molecule has 0 unspecified atom stereocenters. The van der Waals surface area contributed by atoms with Crippen LogP contribution >= 0.6 is 0 Å². The number of rotatable bonds is 16. The molecule has 0 aliphatic carbocycles. The SMILES string of the molecule is c1ccc(-c2ccc(-c3nc4c(nc3-c3ccc(-c5ccccc5)cc3)c3c5cc(N(c6ccccc6)c6ccccc6)cc6c7cc(N(c8ccccc8)c8ccccc8)cnc7n(c65)c3c3c4c4cc(N(c5ccccc5)c5ccccc5)cc5c6cc(N(c7ccccc7)c7ccccc7)cnc6n3c54)cc2)cc1.